The Bertz CT molecular complexity index is 1090. The molecule has 0 radical (unpaired) electrons. The maximum Gasteiger partial charge on any atom is 0.332 e. The van der Waals surface area contributed by atoms with Gasteiger partial charge in [0.25, 0.3) is 5.91 Å². The first-order valence-electron chi connectivity index (χ1n) is 8.95. The highest BCUT2D eigenvalue weighted by atomic mass is 32.2. The topological polar surface area (TPSA) is 101 Å². The number of imide groups is 1. The van der Waals surface area contributed by atoms with E-state index in [9.17, 15) is 14.9 Å². The van der Waals surface area contributed by atoms with Crippen molar-refractivity contribution in [1.82, 2.24) is 9.88 Å². The van der Waals surface area contributed by atoms with E-state index >= 15 is 0 Å². The molecular formula is C21H15N5O2S. The molecule has 7 nitrogen and oxygen atoms in total. The predicted molar refractivity (Wildman–Crippen MR) is 108 cm³/mol. The predicted octanol–water partition coefficient (Wildman–Crippen LogP) is 3.16. The van der Waals surface area contributed by atoms with Gasteiger partial charge in [-0.25, -0.2) is 9.69 Å². The van der Waals surface area contributed by atoms with Gasteiger partial charge in [-0.2, -0.15) is 10.5 Å². The summed E-state index contributed by atoms with van der Waals surface area (Å²) in [6.45, 7) is 0.213. The maximum atomic E-state index is 13.2. The fourth-order valence-corrected chi connectivity index (χ4v) is 4.87. The Morgan fingerprint density at radius 3 is 2.69 bits per heavy atom. The van der Waals surface area contributed by atoms with E-state index in [4.69, 9.17) is 5.26 Å². The van der Waals surface area contributed by atoms with Crippen LogP contribution in [0.5, 0.6) is 0 Å². The molecule has 0 spiro atoms. The summed E-state index contributed by atoms with van der Waals surface area (Å²) in [6, 6.07) is 13.8. The van der Waals surface area contributed by atoms with Gasteiger partial charge in [-0.05, 0) is 24.3 Å². The molecule has 2 aromatic rings. The molecular weight excluding hydrogens is 386 g/mol. The highest BCUT2D eigenvalue weighted by Gasteiger charge is 2.49. The number of pyridine rings is 1. The van der Waals surface area contributed by atoms with Gasteiger partial charge in [0, 0.05) is 23.2 Å². The maximum absolute atomic E-state index is 13.2. The van der Waals surface area contributed by atoms with Crippen LogP contribution in [-0.2, 0) is 4.79 Å². The van der Waals surface area contributed by atoms with Crippen LogP contribution in [-0.4, -0.2) is 39.7 Å². The smallest absolute Gasteiger partial charge is 0.315 e. The Morgan fingerprint density at radius 2 is 1.97 bits per heavy atom. The van der Waals surface area contributed by atoms with Crippen molar-refractivity contribution >= 4 is 34.3 Å². The van der Waals surface area contributed by atoms with E-state index in [0.29, 0.717) is 11.3 Å². The number of amides is 3. The third-order valence-electron chi connectivity index (χ3n) is 4.83. The van der Waals surface area contributed by atoms with Gasteiger partial charge in [-0.3, -0.25) is 9.78 Å². The lowest BCUT2D eigenvalue weighted by atomic mass is 10.0. The molecule has 1 fully saturated rings. The van der Waals surface area contributed by atoms with Crippen LogP contribution in [0, 0.1) is 22.7 Å². The van der Waals surface area contributed by atoms with Crippen LogP contribution in [0.2, 0.25) is 0 Å². The van der Waals surface area contributed by atoms with Crippen molar-refractivity contribution in [2.45, 2.75) is 17.7 Å². The molecule has 3 amide bonds. The normalized spacial score (nSPS) is 20.7. The van der Waals surface area contributed by atoms with Gasteiger partial charge in [-0.15, -0.1) is 11.8 Å². The van der Waals surface area contributed by atoms with Gasteiger partial charge < -0.3 is 4.90 Å². The summed E-state index contributed by atoms with van der Waals surface area (Å²) in [5.41, 5.74) is 1.65. The summed E-state index contributed by atoms with van der Waals surface area (Å²) in [5.74, 6) is -0.327. The summed E-state index contributed by atoms with van der Waals surface area (Å²) in [5, 5.41) is 17.9. The number of urea groups is 1. The van der Waals surface area contributed by atoms with Crippen molar-refractivity contribution in [1.29, 1.82) is 10.5 Å². The third kappa shape index (κ3) is 3.24. The van der Waals surface area contributed by atoms with Crippen molar-refractivity contribution in [2.75, 3.05) is 11.4 Å². The molecule has 8 heteroatoms. The Kier molecular flexibility index (Phi) is 5.03. The van der Waals surface area contributed by atoms with E-state index in [-0.39, 0.29) is 18.9 Å². The van der Waals surface area contributed by atoms with Gasteiger partial charge in [-0.1, -0.05) is 18.2 Å². The summed E-state index contributed by atoms with van der Waals surface area (Å²) in [7, 11) is 0. The van der Waals surface area contributed by atoms with E-state index in [1.165, 1.54) is 18.0 Å². The quantitative estimate of drug-likeness (QED) is 0.780. The number of hydrogen-bond acceptors (Lipinski definition) is 6. The molecule has 2 atom stereocenters. The Balaban J connectivity index is 1.75. The summed E-state index contributed by atoms with van der Waals surface area (Å²) in [6.07, 6.45) is 5.06. The average Bonchev–Trinajstić information content (AvgIpc) is 3.20. The molecule has 0 saturated carbocycles. The minimum absolute atomic E-state index is 0.159. The van der Waals surface area contributed by atoms with E-state index in [1.54, 1.807) is 35.4 Å². The van der Waals surface area contributed by atoms with Gasteiger partial charge in [0.05, 0.1) is 42.0 Å². The second-order valence-electron chi connectivity index (χ2n) is 6.49. The van der Waals surface area contributed by atoms with Crippen LogP contribution < -0.4 is 4.90 Å². The van der Waals surface area contributed by atoms with Crippen LogP contribution in [0.1, 0.15) is 17.5 Å². The molecule has 142 valence electrons. The van der Waals surface area contributed by atoms with E-state index in [1.807, 2.05) is 18.2 Å². The zero-order valence-corrected chi connectivity index (χ0v) is 16.0. The number of carbonyl (C=O) groups is 2. The summed E-state index contributed by atoms with van der Waals surface area (Å²) >= 11 is 1.34. The fourth-order valence-electron chi connectivity index (χ4n) is 3.50. The van der Waals surface area contributed by atoms with Crippen molar-refractivity contribution in [3.63, 3.8) is 0 Å². The van der Waals surface area contributed by atoms with Crippen LogP contribution in [0.15, 0.2) is 54.9 Å². The molecule has 0 aliphatic carbocycles. The highest BCUT2D eigenvalue weighted by molar-refractivity contribution is 8.09. The minimum Gasteiger partial charge on any atom is -0.315 e. The largest absolute Gasteiger partial charge is 0.332 e. The summed E-state index contributed by atoms with van der Waals surface area (Å²) < 4.78 is 0. The van der Waals surface area contributed by atoms with Crippen LogP contribution in [0.3, 0.4) is 0 Å². The zero-order valence-electron chi connectivity index (χ0n) is 15.2. The van der Waals surface area contributed by atoms with Crippen LogP contribution >= 0.6 is 11.8 Å². The minimum atomic E-state index is -0.548. The Labute approximate surface area is 171 Å². The SMILES string of the molecule is N#CCCN1C(=O)N(c2cccnc2)C(=O)C2SC(c3ccccc3C#N)=CC21. The number of carbonyl (C=O) groups excluding carboxylic acids is 2. The number of anilines is 1. The van der Waals surface area contributed by atoms with Crippen LogP contribution in [0.25, 0.3) is 4.91 Å². The molecule has 1 aromatic heterocycles. The molecule has 0 bridgehead atoms. The van der Waals surface area contributed by atoms with Gasteiger partial charge in [0.1, 0.15) is 5.25 Å². The molecule has 4 rings (SSSR count). The molecule has 2 aliphatic heterocycles. The number of hydrogen-bond donors (Lipinski definition) is 0. The molecule has 3 heterocycles. The molecule has 1 saturated heterocycles. The van der Waals surface area contributed by atoms with Crippen molar-refractivity contribution in [3.8, 4) is 12.1 Å². The first kappa shape index (κ1) is 18.7. The molecule has 2 unspecified atom stereocenters. The third-order valence-corrected chi connectivity index (χ3v) is 6.17. The number of benzene rings is 1. The molecule has 2 aliphatic rings. The second kappa shape index (κ2) is 7.78. The number of aromatic nitrogens is 1. The lowest BCUT2D eigenvalue weighted by Gasteiger charge is -2.40. The Morgan fingerprint density at radius 1 is 1.14 bits per heavy atom. The standard InChI is InChI=1S/C21H15N5O2S/c22-8-4-10-25-17-11-18(16-7-2-1-5-14(16)12-23)29-19(17)20(27)26(21(25)28)15-6-3-9-24-13-15/h1-3,5-7,9,11,13,17,19H,4,10H2. The zero-order chi connectivity index (χ0) is 20.4. The Hall–Kier alpha value is -3.62. The molecule has 1 aromatic carbocycles. The van der Waals surface area contributed by atoms with Gasteiger partial charge in [0.2, 0.25) is 0 Å². The number of nitriles is 2. The molecule has 29 heavy (non-hydrogen) atoms. The lowest BCUT2D eigenvalue weighted by Crippen LogP contribution is -2.62. The summed E-state index contributed by atoms with van der Waals surface area (Å²) in [4.78, 5) is 33.9. The number of nitrogens with zero attached hydrogens (tertiary/aromatic N) is 5. The highest BCUT2D eigenvalue weighted by Crippen LogP contribution is 2.45. The lowest BCUT2D eigenvalue weighted by molar-refractivity contribution is -0.119. The van der Waals surface area contributed by atoms with Gasteiger partial charge >= 0.3 is 6.03 Å². The monoisotopic (exact) mass is 401 g/mol. The fraction of sp³-hybridized carbons (Fsp3) is 0.190. The van der Waals surface area contributed by atoms with Crippen molar-refractivity contribution < 1.29 is 9.59 Å². The number of fused-ring (bicyclic) bond motifs is 1. The average molecular weight is 401 g/mol. The number of rotatable bonds is 4. The first-order chi connectivity index (χ1) is 14.2. The molecule has 0 N–H and O–H groups in total. The second-order valence-corrected chi connectivity index (χ2v) is 7.67. The van der Waals surface area contributed by atoms with Gasteiger partial charge in [0.15, 0.2) is 0 Å². The van der Waals surface area contributed by atoms with Crippen molar-refractivity contribution in [2.24, 2.45) is 0 Å². The number of thioether (sulfide) groups is 1. The van der Waals surface area contributed by atoms with E-state index in [0.717, 1.165) is 15.4 Å². The van der Waals surface area contributed by atoms with E-state index < -0.39 is 17.3 Å². The van der Waals surface area contributed by atoms with Crippen molar-refractivity contribution in [3.05, 3.63) is 66.0 Å². The first-order valence-corrected chi connectivity index (χ1v) is 9.83. The van der Waals surface area contributed by atoms with Crippen LogP contribution in [0.4, 0.5) is 10.5 Å². The van der Waals surface area contributed by atoms with E-state index in [2.05, 4.69) is 17.1 Å².